The van der Waals surface area contributed by atoms with Gasteiger partial charge in [0.2, 0.25) is 11.8 Å². The first-order chi connectivity index (χ1) is 9.54. The quantitative estimate of drug-likeness (QED) is 0.763. The summed E-state index contributed by atoms with van der Waals surface area (Å²) in [6.07, 6.45) is 8.27. The Morgan fingerprint density at radius 2 is 1.90 bits per heavy atom. The summed E-state index contributed by atoms with van der Waals surface area (Å²) in [4.78, 5) is 25.6. The van der Waals surface area contributed by atoms with Gasteiger partial charge in [-0.1, -0.05) is 19.3 Å². The molecule has 2 aliphatic rings. The van der Waals surface area contributed by atoms with E-state index >= 15 is 0 Å². The number of nitrogens with one attached hydrogen (secondary N) is 1. The molecular weight excluding hydrogens is 254 g/mol. The van der Waals surface area contributed by atoms with E-state index in [2.05, 4.69) is 5.32 Å². The van der Waals surface area contributed by atoms with E-state index in [1.54, 1.807) is 11.9 Å². The third kappa shape index (κ3) is 4.20. The van der Waals surface area contributed by atoms with Crippen LogP contribution in [0.1, 0.15) is 51.4 Å². The molecule has 0 spiro atoms. The van der Waals surface area contributed by atoms with E-state index in [1.807, 2.05) is 0 Å². The summed E-state index contributed by atoms with van der Waals surface area (Å²) in [5.41, 5.74) is 5.88. The Labute approximate surface area is 121 Å². The van der Waals surface area contributed by atoms with E-state index in [0.29, 0.717) is 19.0 Å². The fraction of sp³-hybridized carbons (Fsp3) is 0.867. The van der Waals surface area contributed by atoms with Crippen molar-refractivity contribution in [2.75, 3.05) is 20.1 Å². The van der Waals surface area contributed by atoms with Crippen molar-refractivity contribution in [3.8, 4) is 0 Å². The molecule has 0 radical (unpaired) electrons. The highest BCUT2D eigenvalue weighted by Gasteiger charge is 2.34. The van der Waals surface area contributed by atoms with Gasteiger partial charge in [-0.3, -0.25) is 9.59 Å². The Morgan fingerprint density at radius 3 is 2.45 bits per heavy atom. The van der Waals surface area contributed by atoms with E-state index in [9.17, 15) is 9.59 Å². The molecule has 2 fully saturated rings. The molecule has 2 amide bonds. The largest absolute Gasteiger partial charge is 0.352 e. The van der Waals surface area contributed by atoms with E-state index in [-0.39, 0.29) is 23.8 Å². The summed E-state index contributed by atoms with van der Waals surface area (Å²) in [6.45, 7) is 0.733. The van der Waals surface area contributed by atoms with Gasteiger partial charge in [-0.05, 0) is 37.6 Å². The molecule has 0 aromatic heterocycles. The third-order valence-electron chi connectivity index (χ3n) is 4.62. The summed E-state index contributed by atoms with van der Waals surface area (Å²) < 4.78 is 0. The monoisotopic (exact) mass is 281 g/mol. The predicted molar refractivity (Wildman–Crippen MR) is 78.0 cm³/mol. The van der Waals surface area contributed by atoms with Crippen LogP contribution in [0.4, 0.5) is 0 Å². The number of carbonyl (C=O) groups excluding carboxylic acids is 2. The number of hydrogen-bond donors (Lipinski definition) is 2. The minimum absolute atomic E-state index is 0.0312. The lowest BCUT2D eigenvalue weighted by molar-refractivity contribution is -0.137. The SMILES string of the molecule is CN(CC(=O)NC1CC1)C(=O)CC1(CN)CCCCC1. The standard InChI is InChI=1S/C15H27N3O2/c1-18(10-13(19)17-12-5-6-12)14(20)9-15(11-16)7-3-2-4-8-15/h12H,2-11,16H2,1H3,(H,17,19). The van der Waals surface area contributed by atoms with Gasteiger partial charge in [0.05, 0.1) is 6.54 Å². The summed E-state index contributed by atoms with van der Waals surface area (Å²) in [7, 11) is 1.71. The zero-order chi connectivity index (χ0) is 14.6. The molecule has 2 rings (SSSR count). The summed E-state index contributed by atoms with van der Waals surface area (Å²) in [5, 5.41) is 2.91. The Bertz CT molecular complexity index is 360. The normalized spacial score (nSPS) is 21.3. The summed E-state index contributed by atoms with van der Waals surface area (Å²) >= 11 is 0. The zero-order valence-electron chi connectivity index (χ0n) is 12.5. The Kier molecular flexibility index (Phi) is 5.02. The Balaban J connectivity index is 1.80. The van der Waals surface area contributed by atoms with Crippen LogP contribution in [-0.2, 0) is 9.59 Å². The molecule has 20 heavy (non-hydrogen) atoms. The number of hydrogen-bond acceptors (Lipinski definition) is 3. The van der Waals surface area contributed by atoms with Gasteiger partial charge in [0, 0.05) is 19.5 Å². The maximum absolute atomic E-state index is 12.3. The second-order valence-corrected chi connectivity index (χ2v) is 6.53. The molecule has 2 saturated carbocycles. The molecule has 2 aliphatic carbocycles. The number of nitrogens with two attached hydrogens (primary N) is 1. The van der Waals surface area contributed by atoms with Crippen LogP contribution in [-0.4, -0.2) is 42.9 Å². The van der Waals surface area contributed by atoms with Crippen LogP contribution in [0.25, 0.3) is 0 Å². The van der Waals surface area contributed by atoms with Crippen LogP contribution in [0.5, 0.6) is 0 Å². The van der Waals surface area contributed by atoms with E-state index in [1.165, 1.54) is 6.42 Å². The minimum Gasteiger partial charge on any atom is -0.352 e. The van der Waals surface area contributed by atoms with Gasteiger partial charge in [0.1, 0.15) is 0 Å². The number of rotatable bonds is 6. The van der Waals surface area contributed by atoms with Gasteiger partial charge in [0.25, 0.3) is 0 Å². The molecule has 5 nitrogen and oxygen atoms in total. The van der Waals surface area contributed by atoms with Crippen LogP contribution in [0.2, 0.25) is 0 Å². The van der Waals surface area contributed by atoms with Crippen LogP contribution < -0.4 is 11.1 Å². The Morgan fingerprint density at radius 1 is 1.25 bits per heavy atom. The lowest BCUT2D eigenvalue weighted by atomic mass is 9.71. The van der Waals surface area contributed by atoms with Gasteiger partial charge >= 0.3 is 0 Å². The van der Waals surface area contributed by atoms with Crippen LogP contribution in [0, 0.1) is 5.41 Å². The van der Waals surface area contributed by atoms with Crippen LogP contribution in [0.15, 0.2) is 0 Å². The van der Waals surface area contributed by atoms with Crippen LogP contribution in [0.3, 0.4) is 0 Å². The van der Waals surface area contributed by atoms with Crippen molar-refractivity contribution in [2.24, 2.45) is 11.1 Å². The van der Waals surface area contributed by atoms with Gasteiger partial charge < -0.3 is 16.0 Å². The van der Waals surface area contributed by atoms with Gasteiger partial charge in [-0.25, -0.2) is 0 Å². The van der Waals surface area contributed by atoms with Crippen molar-refractivity contribution in [1.82, 2.24) is 10.2 Å². The molecule has 0 heterocycles. The summed E-state index contributed by atoms with van der Waals surface area (Å²) in [5.74, 6) is -0.00269. The van der Waals surface area contributed by atoms with Crippen molar-refractivity contribution in [2.45, 2.75) is 57.4 Å². The summed E-state index contributed by atoms with van der Waals surface area (Å²) in [6, 6.07) is 0.347. The third-order valence-corrected chi connectivity index (χ3v) is 4.62. The van der Waals surface area contributed by atoms with Crippen molar-refractivity contribution in [1.29, 1.82) is 0 Å². The first-order valence-corrected chi connectivity index (χ1v) is 7.78. The van der Waals surface area contributed by atoms with Crippen molar-refractivity contribution >= 4 is 11.8 Å². The van der Waals surface area contributed by atoms with Gasteiger partial charge in [-0.2, -0.15) is 0 Å². The molecule has 114 valence electrons. The molecule has 0 bridgehead atoms. The van der Waals surface area contributed by atoms with E-state index in [0.717, 1.165) is 38.5 Å². The molecule has 3 N–H and O–H groups in total. The fourth-order valence-corrected chi connectivity index (χ4v) is 3.02. The van der Waals surface area contributed by atoms with Gasteiger partial charge in [-0.15, -0.1) is 0 Å². The lowest BCUT2D eigenvalue weighted by Crippen LogP contribution is -2.43. The van der Waals surface area contributed by atoms with Gasteiger partial charge in [0.15, 0.2) is 0 Å². The van der Waals surface area contributed by atoms with Crippen LogP contribution >= 0.6 is 0 Å². The topological polar surface area (TPSA) is 75.4 Å². The first-order valence-electron chi connectivity index (χ1n) is 7.78. The molecule has 5 heteroatoms. The average Bonchev–Trinajstić information content (AvgIpc) is 3.23. The highest BCUT2D eigenvalue weighted by Crippen LogP contribution is 2.38. The first kappa shape index (κ1) is 15.3. The molecule has 0 aromatic carbocycles. The van der Waals surface area contributed by atoms with Crippen molar-refractivity contribution in [3.63, 3.8) is 0 Å². The van der Waals surface area contributed by atoms with E-state index < -0.39 is 0 Å². The average molecular weight is 281 g/mol. The number of nitrogens with zero attached hydrogens (tertiary/aromatic N) is 1. The van der Waals surface area contributed by atoms with Crippen molar-refractivity contribution < 1.29 is 9.59 Å². The lowest BCUT2D eigenvalue weighted by Gasteiger charge is -2.36. The second-order valence-electron chi connectivity index (χ2n) is 6.53. The molecular formula is C15H27N3O2. The smallest absolute Gasteiger partial charge is 0.239 e. The molecule has 0 atom stereocenters. The predicted octanol–water partition coefficient (Wildman–Crippen LogP) is 1.02. The molecule has 0 aromatic rings. The minimum atomic E-state index is -0.0474. The second kappa shape index (κ2) is 6.57. The molecule has 0 unspecified atom stereocenters. The van der Waals surface area contributed by atoms with Crippen molar-refractivity contribution in [3.05, 3.63) is 0 Å². The number of likely N-dealkylation sites (N-methyl/N-ethyl adjacent to an activating group) is 1. The Hall–Kier alpha value is -1.10. The number of amides is 2. The maximum Gasteiger partial charge on any atom is 0.239 e. The molecule has 0 aliphatic heterocycles. The highest BCUT2D eigenvalue weighted by molar-refractivity contribution is 5.85. The fourth-order valence-electron chi connectivity index (χ4n) is 3.02. The zero-order valence-corrected chi connectivity index (χ0v) is 12.5. The highest BCUT2D eigenvalue weighted by atomic mass is 16.2. The van der Waals surface area contributed by atoms with E-state index in [4.69, 9.17) is 5.73 Å². The maximum atomic E-state index is 12.3. The molecule has 0 saturated heterocycles. The number of carbonyl (C=O) groups is 2.